The number of carbonyl (C=O) groups excluding carboxylic acids is 3. The van der Waals surface area contributed by atoms with Gasteiger partial charge in [0.2, 0.25) is 17.7 Å². The zero-order chi connectivity index (χ0) is 30.4. The van der Waals surface area contributed by atoms with Crippen LogP contribution in [0.4, 0.5) is 0 Å². The molecule has 40 heavy (non-hydrogen) atoms. The largest absolute Gasteiger partial charge is 0.508 e. The van der Waals surface area contributed by atoms with Crippen molar-refractivity contribution in [2.24, 2.45) is 28.1 Å². The molecule has 1 aromatic carbocycles. The highest BCUT2D eigenvalue weighted by Crippen LogP contribution is 2.13. The molecular formula is C25H39N7O8. The second-order valence-electron chi connectivity index (χ2n) is 9.35. The number of carboxylic acids is 2. The number of aliphatic imine (C=N–C) groups is 1. The number of phenolic OH excluding ortho intramolecular Hbond substituents is 1. The quantitative estimate of drug-likeness (QED) is 0.0587. The number of aliphatic carboxylic acids is 2. The van der Waals surface area contributed by atoms with E-state index < -0.39 is 60.2 Å². The first-order valence-corrected chi connectivity index (χ1v) is 12.7. The van der Waals surface area contributed by atoms with E-state index in [1.54, 1.807) is 6.92 Å². The Labute approximate surface area is 231 Å². The summed E-state index contributed by atoms with van der Waals surface area (Å²) in [7, 11) is 0. The molecule has 0 aliphatic carbocycles. The van der Waals surface area contributed by atoms with Crippen LogP contribution in [0.15, 0.2) is 29.3 Å². The number of phenols is 1. The van der Waals surface area contributed by atoms with Crippen molar-refractivity contribution in [2.45, 2.75) is 70.1 Å². The van der Waals surface area contributed by atoms with Gasteiger partial charge in [0, 0.05) is 13.0 Å². The van der Waals surface area contributed by atoms with Crippen molar-refractivity contribution < 1.29 is 39.3 Å². The normalized spacial score (nSPS) is 14.5. The number of hydrogen-bond acceptors (Lipinski definition) is 8. The zero-order valence-electron chi connectivity index (χ0n) is 22.5. The van der Waals surface area contributed by atoms with E-state index in [-0.39, 0.29) is 43.4 Å². The van der Waals surface area contributed by atoms with E-state index in [1.165, 1.54) is 24.3 Å². The van der Waals surface area contributed by atoms with Gasteiger partial charge in [-0.05, 0) is 36.5 Å². The molecule has 3 amide bonds. The molecule has 0 bridgehead atoms. The second-order valence-corrected chi connectivity index (χ2v) is 9.35. The average Bonchev–Trinajstić information content (AvgIpc) is 2.88. The Kier molecular flexibility index (Phi) is 13.9. The van der Waals surface area contributed by atoms with Gasteiger partial charge in [0.15, 0.2) is 5.96 Å². The maximum absolute atomic E-state index is 13.3. The first-order chi connectivity index (χ1) is 18.7. The van der Waals surface area contributed by atoms with E-state index in [0.29, 0.717) is 12.0 Å². The van der Waals surface area contributed by atoms with Crippen LogP contribution in [0.2, 0.25) is 0 Å². The van der Waals surface area contributed by atoms with Crippen LogP contribution >= 0.6 is 0 Å². The molecule has 0 saturated carbocycles. The van der Waals surface area contributed by atoms with E-state index in [4.69, 9.17) is 17.2 Å². The number of nitrogens with one attached hydrogen (secondary N) is 3. The summed E-state index contributed by atoms with van der Waals surface area (Å²) in [6.07, 6.45) is -0.207. The molecule has 12 N–H and O–H groups in total. The lowest BCUT2D eigenvalue weighted by Gasteiger charge is -2.25. The van der Waals surface area contributed by atoms with Crippen LogP contribution in [0, 0.1) is 5.92 Å². The minimum Gasteiger partial charge on any atom is -0.508 e. The molecule has 5 unspecified atom stereocenters. The molecule has 1 aromatic rings. The Hall–Kier alpha value is -4.40. The smallest absolute Gasteiger partial charge is 0.326 e. The molecule has 0 heterocycles. The molecule has 0 radical (unpaired) electrons. The van der Waals surface area contributed by atoms with Gasteiger partial charge in [-0.2, -0.15) is 0 Å². The highest BCUT2D eigenvalue weighted by atomic mass is 16.4. The minimum atomic E-state index is -1.66. The number of hydrogen-bond donors (Lipinski definition) is 9. The van der Waals surface area contributed by atoms with Crippen LogP contribution < -0.4 is 33.2 Å². The fraction of sp³-hybridized carbons (Fsp3) is 0.520. The predicted molar refractivity (Wildman–Crippen MR) is 145 cm³/mol. The first-order valence-electron chi connectivity index (χ1n) is 12.7. The van der Waals surface area contributed by atoms with Crippen molar-refractivity contribution in [3.63, 3.8) is 0 Å². The summed E-state index contributed by atoms with van der Waals surface area (Å²) >= 11 is 0. The Morgan fingerprint density at radius 3 is 1.98 bits per heavy atom. The third kappa shape index (κ3) is 12.0. The summed E-state index contributed by atoms with van der Waals surface area (Å²) in [6.45, 7) is 3.72. The van der Waals surface area contributed by atoms with Crippen molar-refractivity contribution in [2.75, 3.05) is 6.54 Å². The van der Waals surface area contributed by atoms with Gasteiger partial charge in [-0.3, -0.25) is 24.2 Å². The number of nitrogens with two attached hydrogens (primary N) is 3. The van der Waals surface area contributed by atoms with Crippen molar-refractivity contribution in [1.29, 1.82) is 0 Å². The maximum atomic E-state index is 13.3. The fourth-order valence-electron chi connectivity index (χ4n) is 3.55. The lowest BCUT2D eigenvalue weighted by atomic mass is 9.98. The Morgan fingerprint density at radius 1 is 0.900 bits per heavy atom. The van der Waals surface area contributed by atoms with Gasteiger partial charge < -0.3 is 48.5 Å². The third-order valence-electron chi connectivity index (χ3n) is 6.14. The predicted octanol–water partition coefficient (Wildman–Crippen LogP) is -1.62. The number of carbonyl (C=O) groups is 5. The van der Waals surface area contributed by atoms with Gasteiger partial charge >= 0.3 is 11.9 Å². The summed E-state index contributed by atoms with van der Waals surface area (Å²) in [5, 5.41) is 35.4. The van der Waals surface area contributed by atoms with Crippen LogP contribution in [-0.2, 0) is 30.4 Å². The monoisotopic (exact) mass is 565 g/mol. The van der Waals surface area contributed by atoms with Crippen LogP contribution in [0.25, 0.3) is 0 Å². The Morgan fingerprint density at radius 2 is 1.45 bits per heavy atom. The summed E-state index contributed by atoms with van der Waals surface area (Å²) in [5.41, 5.74) is 17.0. The van der Waals surface area contributed by atoms with Crippen molar-refractivity contribution in [3.8, 4) is 5.75 Å². The van der Waals surface area contributed by atoms with E-state index in [0.717, 1.165) is 0 Å². The van der Waals surface area contributed by atoms with Crippen molar-refractivity contribution in [1.82, 2.24) is 16.0 Å². The number of carboxylic acid groups (broad SMARTS) is 2. The molecule has 0 aliphatic rings. The number of rotatable bonds is 17. The summed E-state index contributed by atoms with van der Waals surface area (Å²) in [4.78, 5) is 65.8. The van der Waals surface area contributed by atoms with Gasteiger partial charge in [0.25, 0.3) is 0 Å². The number of amides is 3. The van der Waals surface area contributed by atoms with Gasteiger partial charge in [0.1, 0.15) is 23.9 Å². The van der Waals surface area contributed by atoms with Gasteiger partial charge in [-0.25, -0.2) is 4.79 Å². The molecule has 15 heteroatoms. The topological polar surface area (TPSA) is 273 Å². The average molecular weight is 566 g/mol. The van der Waals surface area contributed by atoms with Crippen LogP contribution in [0.1, 0.15) is 45.1 Å². The first kappa shape index (κ1) is 33.6. The minimum absolute atomic E-state index is 0.0166. The standard InChI is InChI=1S/C25H39N7O8/c1-3-13(2)20(26)23(38)32-17(11-14-6-8-15(33)9-7-14)21(36)31-18(12-19(34)35)22(37)30-16(24(39)40)5-4-10-29-25(27)28/h6-9,13,16-18,20,33H,3-5,10-12,26H2,1-2H3,(H,30,37)(H,31,36)(H,32,38)(H,34,35)(H,39,40)(H4,27,28,29). The summed E-state index contributed by atoms with van der Waals surface area (Å²) < 4.78 is 0. The van der Waals surface area contributed by atoms with Crippen LogP contribution in [0.3, 0.4) is 0 Å². The molecule has 0 fully saturated rings. The zero-order valence-corrected chi connectivity index (χ0v) is 22.5. The molecule has 0 saturated heterocycles. The highest BCUT2D eigenvalue weighted by Gasteiger charge is 2.32. The fourth-order valence-corrected chi connectivity index (χ4v) is 3.55. The van der Waals surface area contributed by atoms with E-state index in [9.17, 15) is 39.3 Å². The van der Waals surface area contributed by atoms with Crippen molar-refractivity contribution >= 4 is 35.6 Å². The lowest BCUT2D eigenvalue weighted by molar-refractivity contribution is -0.143. The molecule has 15 nitrogen and oxygen atoms in total. The van der Waals surface area contributed by atoms with Crippen LogP contribution in [0.5, 0.6) is 5.75 Å². The summed E-state index contributed by atoms with van der Waals surface area (Å²) in [5.74, 6) is -5.78. The van der Waals surface area contributed by atoms with E-state index in [2.05, 4.69) is 20.9 Å². The van der Waals surface area contributed by atoms with Crippen molar-refractivity contribution in [3.05, 3.63) is 29.8 Å². The Bertz CT molecular complexity index is 1060. The Balaban J connectivity index is 3.12. The highest BCUT2D eigenvalue weighted by molar-refractivity contribution is 5.95. The lowest BCUT2D eigenvalue weighted by Crippen LogP contribution is -2.58. The molecule has 0 aromatic heterocycles. The summed E-state index contributed by atoms with van der Waals surface area (Å²) in [6, 6.07) is 0.547. The van der Waals surface area contributed by atoms with Crippen LogP contribution in [-0.4, -0.2) is 81.7 Å². The molecular weight excluding hydrogens is 526 g/mol. The number of aromatic hydroxyl groups is 1. The van der Waals surface area contributed by atoms with E-state index in [1.807, 2.05) is 6.92 Å². The number of benzene rings is 1. The van der Waals surface area contributed by atoms with E-state index >= 15 is 0 Å². The van der Waals surface area contributed by atoms with Gasteiger partial charge in [-0.1, -0.05) is 32.4 Å². The number of nitrogens with zero attached hydrogens (tertiary/aromatic N) is 1. The second kappa shape index (κ2) is 16.5. The maximum Gasteiger partial charge on any atom is 0.326 e. The van der Waals surface area contributed by atoms with Gasteiger partial charge in [0.05, 0.1) is 12.5 Å². The number of guanidine groups is 1. The third-order valence-corrected chi connectivity index (χ3v) is 6.14. The SMILES string of the molecule is CCC(C)C(N)C(=O)NC(Cc1ccc(O)cc1)C(=O)NC(CC(=O)O)C(=O)NC(CCCN=C(N)N)C(=O)O. The molecule has 222 valence electrons. The molecule has 0 spiro atoms. The molecule has 5 atom stereocenters. The molecule has 1 rings (SSSR count). The van der Waals surface area contributed by atoms with Gasteiger partial charge in [-0.15, -0.1) is 0 Å². The molecule has 0 aliphatic heterocycles.